The first-order valence-electron chi connectivity index (χ1n) is 13.4. The second kappa shape index (κ2) is 14.6. The van der Waals surface area contributed by atoms with E-state index in [0.717, 1.165) is 72.0 Å². The van der Waals surface area contributed by atoms with Gasteiger partial charge in [-0.2, -0.15) is 0 Å². The van der Waals surface area contributed by atoms with Crippen molar-refractivity contribution in [2.75, 3.05) is 37.2 Å². The van der Waals surface area contributed by atoms with E-state index in [0.29, 0.717) is 18.1 Å². The van der Waals surface area contributed by atoms with Gasteiger partial charge in [0.15, 0.2) is 0 Å². The van der Waals surface area contributed by atoms with Crippen LogP contribution in [0.1, 0.15) is 59.3 Å². The number of fused-ring (bicyclic) bond motifs is 1. The largest absolute Gasteiger partial charge is 0.497 e. The van der Waals surface area contributed by atoms with Gasteiger partial charge in [0.1, 0.15) is 11.5 Å². The number of thioether (sulfide) groups is 1. The number of esters is 1. The standard InChI is InChI=1S/C30H41NO5S2/c1-6-9-16-30(17-10-7-2)21-31(23-11-13-24(34-4)14-12-23)25-19-27(37-5)26(20-28(25)38(33)22-30)36-18-15-29(32)35-8-3/h11-15,18-20H,6-10,16-17,21-22H2,1-5H3/b18-15+. The van der Waals surface area contributed by atoms with Crippen molar-refractivity contribution in [3.8, 4) is 11.5 Å². The highest BCUT2D eigenvalue weighted by molar-refractivity contribution is 7.98. The maximum atomic E-state index is 14.1. The summed E-state index contributed by atoms with van der Waals surface area (Å²) in [5.41, 5.74) is 1.92. The molecule has 1 atom stereocenters. The van der Waals surface area contributed by atoms with Gasteiger partial charge < -0.3 is 19.1 Å². The first kappa shape index (κ1) is 30.1. The van der Waals surface area contributed by atoms with Gasteiger partial charge in [-0.05, 0) is 56.4 Å². The number of unbranched alkanes of at least 4 members (excludes halogenated alkanes) is 2. The van der Waals surface area contributed by atoms with E-state index >= 15 is 0 Å². The SMILES string of the molecule is CCCCC1(CCCC)CN(c2ccc(OC)cc2)c2cc(SC)c(O/C=C/C(=O)OCC)cc2S(=O)C1. The molecule has 3 rings (SSSR count). The van der Waals surface area contributed by atoms with Gasteiger partial charge >= 0.3 is 5.97 Å². The quantitative estimate of drug-likeness (QED) is 0.109. The number of hydrogen-bond donors (Lipinski definition) is 0. The second-order valence-corrected chi connectivity index (χ2v) is 11.9. The molecule has 0 saturated heterocycles. The molecule has 1 unspecified atom stereocenters. The molecule has 6 nitrogen and oxygen atoms in total. The van der Waals surface area contributed by atoms with Gasteiger partial charge in [-0.15, -0.1) is 11.8 Å². The predicted octanol–water partition coefficient (Wildman–Crippen LogP) is 7.50. The number of ether oxygens (including phenoxy) is 3. The van der Waals surface area contributed by atoms with Crippen LogP contribution in [0.2, 0.25) is 0 Å². The molecule has 8 heteroatoms. The van der Waals surface area contributed by atoms with Gasteiger partial charge in [0, 0.05) is 29.5 Å². The van der Waals surface area contributed by atoms with E-state index in [-0.39, 0.29) is 5.41 Å². The number of nitrogens with zero attached hydrogens (tertiary/aromatic N) is 1. The molecule has 0 N–H and O–H groups in total. The number of carbonyl (C=O) groups is 1. The summed E-state index contributed by atoms with van der Waals surface area (Å²) in [5.74, 6) is 1.54. The predicted molar refractivity (Wildman–Crippen MR) is 157 cm³/mol. The van der Waals surface area contributed by atoms with Crippen molar-refractivity contribution >= 4 is 39.9 Å². The Kier molecular flexibility index (Phi) is 11.6. The van der Waals surface area contributed by atoms with Crippen molar-refractivity contribution in [3.63, 3.8) is 0 Å². The summed E-state index contributed by atoms with van der Waals surface area (Å²) < 4.78 is 30.3. The summed E-state index contributed by atoms with van der Waals surface area (Å²) in [5, 5.41) is 0. The molecule has 0 saturated carbocycles. The van der Waals surface area contributed by atoms with Crippen LogP contribution in [-0.4, -0.2) is 42.4 Å². The number of anilines is 2. The van der Waals surface area contributed by atoms with E-state index in [1.165, 1.54) is 12.3 Å². The minimum absolute atomic E-state index is 0.0693. The molecule has 2 aromatic rings. The van der Waals surface area contributed by atoms with E-state index in [1.54, 1.807) is 25.8 Å². The average molecular weight is 560 g/mol. The van der Waals surface area contributed by atoms with Crippen LogP contribution in [0, 0.1) is 5.41 Å². The van der Waals surface area contributed by atoms with E-state index in [2.05, 4.69) is 36.9 Å². The van der Waals surface area contributed by atoms with Crippen LogP contribution in [0.25, 0.3) is 0 Å². The Hall–Kier alpha value is -2.45. The lowest BCUT2D eigenvalue weighted by Crippen LogP contribution is -2.37. The fourth-order valence-corrected chi connectivity index (χ4v) is 7.14. The van der Waals surface area contributed by atoms with Gasteiger partial charge in [0.2, 0.25) is 0 Å². The molecule has 2 aromatic carbocycles. The van der Waals surface area contributed by atoms with Crippen molar-refractivity contribution in [2.45, 2.75) is 69.1 Å². The first-order valence-corrected chi connectivity index (χ1v) is 16.0. The first-order chi connectivity index (χ1) is 18.4. The van der Waals surface area contributed by atoms with Crippen LogP contribution in [0.15, 0.2) is 58.5 Å². The van der Waals surface area contributed by atoms with Gasteiger partial charge in [0.05, 0.1) is 52.3 Å². The lowest BCUT2D eigenvalue weighted by molar-refractivity contribution is -0.137. The molecule has 0 spiro atoms. The van der Waals surface area contributed by atoms with Crippen molar-refractivity contribution in [2.24, 2.45) is 5.41 Å². The van der Waals surface area contributed by atoms with E-state index < -0.39 is 16.8 Å². The number of carbonyl (C=O) groups excluding carboxylic acids is 1. The lowest BCUT2D eigenvalue weighted by atomic mass is 9.79. The van der Waals surface area contributed by atoms with E-state index in [4.69, 9.17) is 14.2 Å². The third kappa shape index (κ3) is 7.56. The highest BCUT2D eigenvalue weighted by Gasteiger charge is 2.39. The zero-order valence-electron chi connectivity index (χ0n) is 23.3. The van der Waals surface area contributed by atoms with Crippen LogP contribution < -0.4 is 14.4 Å². The zero-order valence-corrected chi connectivity index (χ0v) is 24.9. The zero-order chi connectivity index (χ0) is 27.5. The Balaban J connectivity index is 2.12. The van der Waals surface area contributed by atoms with E-state index in [1.807, 2.05) is 24.5 Å². The van der Waals surface area contributed by atoms with Crippen LogP contribution in [0.5, 0.6) is 11.5 Å². The Labute approximate surface area is 234 Å². The molecule has 1 aliphatic heterocycles. The third-order valence-corrected chi connectivity index (χ3v) is 9.35. The van der Waals surface area contributed by atoms with Crippen molar-refractivity contribution in [1.29, 1.82) is 0 Å². The van der Waals surface area contributed by atoms with Gasteiger partial charge in [0.25, 0.3) is 0 Å². The van der Waals surface area contributed by atoms with Crippen LogP contribution >= 0.6 is 11.8 Å². The molecule has 1 aliphatic rings. The molecule has 0 aliphatic carbocycles. The minimum atomic E-state index is -1.22. The summed E-state index contributed by atoms with van der Waals surface area (Å²) in [7, 11) is 0.451. The normalized spacial score (nSPS) is 16.7. The number of benzene rings is 2. The van der Waals surface area contributed by atoms with Crippen LogP contribution in [-0.2, 0) is 20.3 Å². The maximum Gasteiger partial charge on any atom is 0.333 e. The van der Waals surface area contributed by atoms with E-state index in [9.17, 15) is 9.00 Å². The molecule has 0 amide bonds. The van der Waals surface area contributed by atoms with Crippen molar-refractivity contribution < 1.29 is 23.2 Å². The number of rotatable bonds is 13. The number of methoxy groups -OCH3 is 1. The Morgan fingerprint density at radius 3 is 2.37 bits per heavy atom. The molecule has 1 heterocycles. The molecular formula is C30H41NO5S2. The van der Waals surface area contributed by atoms with Crippen molar-refractivity contribution in [1.82, 2.24) is 0 Å². The minimum Gasteiger partial charge on any atom is -0.497 e. The molecule has 0 aromatic heterocycles. The number of hydrogen-bond acceptors (Lipinski definition) is 7. The van der Waals surface area contributed by atoms with Crippen LogP contribution in [0.4, 0.5) is 11.4 Å². The monoisotopic (exact) mass is 559 g/mol. The van der Waals surface area contributed by atoms with Crippen LogP contribution in [0.3, 0.4) is 0 Å². The summed E-state index contributed by atoms with van der Waals surface area (Å²) >= 11 is 1.56. The summed E-state index contributed by atoms with van der Waals surface area (Å²) in [6.45, 7) is 7.30. The average Bonchev–Trinajstić information content (AvgIpc) is 3.04. The van der Waals surface area contributed by atoms with Gasteiger partial charge in [-0.1, -0.05) is 39.5 Å². The summed E-state index contributed by atoms with van der Waals surface area (Å²) in [6.07, 6.45) is 11.1. The highest BCUT2D eigenvalue weighted by atomic mass is 32.2. The van der Waals surface area contributed by atoms with Gasteiger partial charge in [-0.25, -0.2) is 4.79 Å². The third-order valence-electron chi connectivity index (χ3n) is 6.90. The Bertz CT molecular complexity index is 1110. The second-order valence-electron chi connectivity index (χ2n) is 9.62. The summed E-state index contributed by atoms with van der Waals surface area (Å²) in [4.78, 5) is 15.7. The molecule has 0 radical (unpaired) electrons. The summed E-state index contributed by atoms with van der Waals surface area (Å²) in [6, 6.07) is 12.1. The maximum absolute atomic E-state index is 14.1. The van der Waals surface area contributed by atoms with Crippen molar-refractivity contribution in [3.05, 3.63) is 48.7 Å². The van der Waals surface area contributed by atoms with Gasteiger partial charge in [-0.3, -0.25) is 4.21 Å². The smallest absolute Gasteiger partial charge is 0.333 e. The topological polar surface area (TPSA) is 65.1 Å². The lowest BCUT2D eigenvalue weighted by Gasteiger charge is -2.37. The highest BCUT2D eigenvalue weighted by Crippen LogP contribution is 2.47. The molecular weight excluding hydrogens is 518 g/mol. The molecule has 208 valence electrons. The fourth-order valence-electron chi connectivity index (χ4n) is 4.87. The molecule has 0 fully saturated rings. The molecule has 38 heavy (non-hydrogen) atoms. The molecule has 0 bridgehead atoms. The Morgan fingerprint density at radius 2 is 1.79 bits per heavy atom. The Morgan fingerprint density at radius 1 is 1.11 bits per heavy atom. The fraction of sp³-hybridized carbons (Fsp3) is 0.500.